The number of halogens is 1. The Kier molecular flexibility index (Phi) is 4.75. The van der Waals surface area contributed by atoms with Crippen molar-refractivity contribution in [1.29, 1.82) is 0 Å². The fraction of sp³-hybridized carbons (Fsp3) is 0.600. The molecule has 90 valence electrons. The molecule has 0 aliphatic rings. The summed E-state index contributed by atoms with van der Waals surface area (Å²) in [7, 11) is 0. The Morgan fingerprint density at radius 1 is 1.69 bits per heavy atom. The van der Waals surface area contributed by atoms with Crippen molar-refractivity contribution in [2.45, 2.75) is 19.9 Å². The molecule has 2 N–H and O–H groups in total. The third kappa shape index (κ3) is 3.52. The fourth-order valence-corrected chi connectivity index (χ4v) is 1.30. The zero-order valence-corrected chi connectivity index (χ0v) is 9.37. The normalized spacial score (nSPS) is 12.5. The van der Waals surface area contributed by atoms with Crippen molar-refractivity contribution in [3.05, 3.63) is 18.2 Å². The van der Waals surface area contributed by atoms with Gasteiger partial charge in [-0.15, -0.1) is 0 Å². The Hall–Kier alpha value is -1.59. The molecule has 0 aliphatic carbocycles. The average Bonchev–Trinajstić information content (AvgIpc) is 2.75. The van der Waals surface area contributed by atoms with Gasteiger partial charge in [-0.05, 0) is 5.92 Å². The van der Waals surface area contributed by atoms with Crippen molar-refractivity contribution in [3.63, 3.8) is 0 Å². The van der Waals surface area contributed by atoms with E-state index in [1.165, 1.54) is 0 Å². The minimum Gasteiger partial charge on any atom is -0.447 e. The molecular formula is C10H16FN3O2. The van der Waals surface area contributed by atoms with Crippen molar-refractivity contribution in [1.82, 2.24) is 15.3 Å². The molecule has 0 bridgehead atoms. The molecule has 0 saturated carbocycles. The van der Waals surface area contributed by atoms with Crippen molar-refractivity contribution >= 4 is 6.09 Å². The quantitative estimate of drug-likeness (QED) is 0.809. The summed E-state index contributed by atoms with van der Waals surface area (Å²) in [5.74, 6) is 0.816. The summed E-state index contributed by atoms with van der Waals surface area (Å²) in [4.78, 5) is 18.3. The summed E-state index contributed by atoms with van der Waals surface area (Å²) in [6.07, 6.45) is 2.66. The first-order chi connectivity index (χ1) is 7.65. The summed E-state index contributed by atoms with van der Waals surface area (Å²) in [6.45, 7) is 2.99. The number of amides is 1. The van der Waals surface area contributed by atoms with Crippen LogP contribution in [0.25, 0.3) is 0 Å². The number of nitrogens with one attached hydrogen (secondary N) is 2. The molecule has 0 aliphatic heterocycles. The van der Waals surface area contributed by atoms with Gasteiger partial charge in [0.2, 0.25) is 0 Å². The lowest BCUT2D eigenvalue weighted by atomic mass is 10.0. The van der Waals surface area contributed by atoms with E-state index in [2.05, 4.69) is 20.0 Å². The molecule has 1 atom stereocenters. The Labute approximate surface area is 93.4 Å². The van der Waals surface area contributed by atoms with Gasteiger partial charge in [-0.2, -0.15) is 0 Å². The predicted molar refractivity (Wildman–Crippen MR) is 56.6 cm³/mol. The van der Waals surface area contributed by atoms with Crippen LogP contribution < -0.4 is 5.32 Å². The number of imidazole rings is 1. The van der Waals surface area contributed by atoms with Crippen molar-refractivity contribution in [3.8, 4) is 0 Å². The number of aromatic amines is 1. The summed E-state index contributed by atoms with van der Waals surface area (Å²) < 4.78 is 16.4. The zero-order valence-electron chi connectivity index (χ0n) is 9.37. The average molecular weight is 229 g/mol. The summed E-state index contributed by atoms with van der Waals surface area (Å²) >= 11 is 0. The fourth-order valence-electron chi connectivity index (χ4n) is 1.30. The molecule has 1 heterocycles. The van der Waals surface area contributed by atoms with E-state index in [0.29, 0.717) is 5.82 Å². The van der Waals surface area contributed by atoms with E-state index in [9.17, 15) is 9.18 Å². The number of H-pyrrole nitrogens is 1. The molecule has 0 radical (unpaired) electrons. The van der Waals surface area contributed by atoms with Gasteiger partial charge in [0.15, 0.2) is 0 Å². The van der Waals surface area contributed by atoms with Crippen LogP contribution in [0.15, 0.2) is 12.4 Å². The van der Waals surface area contributed by atoms with Gasteiger partial charge in [0.1, 0.15) is 19.1 Å². The molecular weight excluding hydrogens is 213 g/mol. The molecule has 0 aromatic carbocycles. The van der Waals surface area contributed by atoms with Crippen LogP contribution in [-0.4, -0.2) is 29.3 Å². The second kappa shape index (κ2) is 6.09. The van der Waals surface area contributed by atoms with Gasteiger partial charge < -0.3 is 15.0 Å². The van der Waals surface area contributed by atoms with Gasteiger partial charge >= 0.3 is 6.09 Å². The molecule has 0 saturated heterocycles. The number of rotatable bonds is 5. The Balaban J connectivity index is 2.56. The first-order valence-electron chi connectivity index (χ1n) is 5.13. The second-order valence-corrected chi connectivity index (χ2v) is 3.67. The van der Waals surface area contributed by atoms with E-state index in [4.69, 9.17) is 0 Å². The first kappa shape index (κ1) is 12.5. The lowest BCUT2D eigenvalue weighted by Crippen LogP contribution is -2.33. The van der Waals surface area contributed by atoms with E-state index in [1.54, 1.807) is 12.4 Å². The van der Waals surface area contributed by atoms with E-state index in [-0.39, 0.29) is 18.6 Å². The number of nitrogens with zero attached hydrogens (tertiary/aromatic N) is 1. The minimum absolute atomic E-state index is 0.157. The maximum absolute atomic E-state index is 11.8. The van der Waals surface area contributed by atoms with Gasteiger partial charge in [-0.3, -0.25) is 0 Å². The highest BCUT2D eigenvalue weighted by Gasteiger charge is 2.20. The van der Waals surface area contributed by atoms with Gasteiger partial charge in [-0.25, -0.2) is 14.2 Å². The number of alkyl carbamates (subject to hydrolysis) is 1. The molecule has 1 aromatic heterocycles. The SMILES string of the molecule is CC(C)[C@H](NC(=O)OCCF)c1ncc[nH]1. The number of aromatic nitrogens is 2. The monoisotopic (exact) mass is 229 g/mol. The highest BCUT2D eigenvalue weighted by Crippen LogP contribution is 2.17. The lowest BCUT2D eigenvalue weighted by molar-refractivity contribution is 0.130. The van der Waals surface area contributed by atoms with Crippen LogP contribution in [0.3, 0.4) is 0 Å². The standard InChI is InChI=1S/C10H16FN3O2/c1-7(2)8(9-12-4-5-13-9)14-10(15)16-6-3-11/h4-5,7-8H,3,6H2,1-2H3,(H,12,13)(H,14,15)/t8-/m0/s1. The lowest BCUT2D eigenvalue weighted by Gasteiger charge is -2.19. The summed E-state index contributed by atoms with van der Waals surface area (Å²) in [5, 5.41) is 2.63. The Bertz CT molecular complexity index is 314. The molecule has 1 aromatic rings. The van der Waals surface area contributed by atoms with Crippen LogP contribution in [0.5, 0.6) is 0 Å². The van der Waals surface area contributed by atoms with Gasteiger partial charge in [-0.1, -0.05) is 13.8 Å². The van der Waals surface area contributed by atoms with Gasteiger partial charge in [0, 0.05) is 12.4 Å². The zero-order chi connectivity index (χ0) is 12.0. The molecule has 6 heteroatoms. The van der Waals surface area contributed by atoms with Crippen LogP contribution in [0, 0.1) is 5.92 Å². The van der Waals surface area contributed by atoms with E-state index < -0.39 is 12.8 Å². The number of carbonyl (C=O) groups excluding carboxylic acids is 1. The van der Waals surface area contributed by atoms with E-state index in [1.807, 2.05) is 13.8 Å². The molecule has 0 spiro atoms. The van der Waals surface area contributed by atoms with E-state index >= 15 is 0 Å². The number of ether oxygens (including phenoxy) is 1. The van der Waals surface area contributed by atoms with Crippen LogP contribution >= 0.6 is 0 Å². The largest absolute Gasteiger partial charge is 0.447 e. The molecule has 0 fully saturated rings. The molecule has 16 heavy (non-hydrogen) atoms. The number of carbonyl (C=O) groups is 1. The van der Waals surface area contributed by atoms with Crippen LogP contribution in [0.4, 0.5) is 9.18 Å². The summed E-state index contributed by atoms with van der Waals surface area (Å²) in [6, 6.07) is -0.262. The Morgan fingerprint density at radius 3 is 2.94 bits per heavy atom. The molecule has 5 nitrogen and oxygen atoms in total. The molecule has 1 amide bonds. The van der Waals surface area contributed by atoms with E-state index in [0.717, 1.165) is 0 Å². The predicted octanol–water partition coefficient (Wildman–Crippen LogP) is 1.80. The highest BCUT2D eigenvalue weighted by atomic mass is 19.1. The summed E-state index contributed by atoms with van der Waals surface area (Å²) in [5.41, 5.74) is 0. The molecule has 0 unspecified atom stereocenters. The van der Waals surface area contributed by atoms with Gasteiger partial charge in [0.25, 0.3) is 0 Å². The maximum atomic E-state index is 11.8. The second-order valence-electron chi connectivity index (χ2n) is 3.67. The van der Waals surface area contributed by atoms with Crippen molar-refractivity contribution < 1.29 is 13.9 Å². The van der Waals surface area contributed by atoms with Crippen LogP contribution in [-0.2, 0) is 4.74 Å². The third-order valence-electron chi connectivity index (χ3n) is 2.06. The number of hydrogen-bond acceptors (Lipinski definition) is 3. The molecule has 1 rings (SSSR count). The van der Waals surface area contributed by atoms with Gasteiger partial charge in [0.05, 0.1) is 6.04 Å². The van der Waals surface area contributed by atoms with Crippen molar-refractivity contribution in [2.75, 3.05) is 13.3 Å². The minimum atomic E-state index is -0.680. The topological polar surface area (TPSA) is 67.0 Å². The highest BCUT2D eigenvalue weighted by molar-refractivity contribution is 5.67. The van der Waals surface area contributed by atoms with Crippen LogP contribution in [0.1, 0.15) is 25.7 Å². The smallest absolute Gasteiger partial charge is 0.407 e. The Morgan fingerprint density at radius 2 is 2.44 bits per heavy atom. The number of alkyl halides is 1. The number of hydrogen-bond donors (Lipinski definition) is 2. The first-order valence-corrected chi connectivity index (χ1v) is 5.13. The van der Waals surface area contributed by atoms with Crippen molar-refractivity contribution in [2.24, 2.45) is 5.92 Å². The van der Waals surface area contributed by atoms with Crippen LogP contribution in [0.2, 0.25) is 0 Å². The maximum Gasteiger partial charge on any atom is 0.407 e. The third-order valence-corrected chi connectivity index (χ3v) is 2.06.